The molecule has 0 saturated heterocycles. The van der Waals surface area contributed by atoms with Crippen LogP contribution in [-0.2, 0) is 6.42 Å². The first-order valence-electron chi connectivity index (χ1n) is 7.86. The zero-order chi connectivity index (χ0) is 18.8. The molecular weight excluding hydrogens is 374 g/mol. The van der Waals surface area contributed by atoms with E-state index in [1.54, 1.807) is 11.8 Å². The lowest BCUT2D eigenvalue weighted by Crippen LogP contribution is -1.89. The van der Waals surface area contributed by atoms with Gasteiger partial charge in [0.25, 0.3) is 0 Å². The Morgan fingerprint density at radius 3 is 2.37 bits per heavy atom. The molecule has 0 radical (unpaired) electrons. The largest absolute Gasteiger partial charge is 0.420 e. The third-order valence-electron chi connectivity index (χ3n) is 3.70. The lowest BCUT2D eigenvalue weighted by molar-refractivity contribution is 0.374. The van der Waals surface area contributed by atoms with Crippen molar-refractivity contribution in [1.82, 2.24) is 20.3 Å². The van der Waals surface area contributed by atoms with Crippen LogP contribution in [0.4, 0.5) is 8.78 Å². The van der Waals surface area contributed by atoms with E-state index in [1.807, 2.05) is 30.5 Å². The van der Waals surface area contributed by atoms with Crippen molar-refractivity contribution in [3.05, 3.63) is 65.9 Å². The van der Waals surface area contributed by atoms with Gasteiger partial charge >= 0.3 is 0 Å². The predicted octanol–water partition coefficient (Wildman–Crippen LogP) is 4.38. The monoisotopic (exact) mass is 386 g/mol. The first kappa shape index (κ1) is 17.3. The van der Waals surface area contributed by atoms with E-state index in [4.69, 9.17) is 8.94 Å². The zero-order valence-corrected chi connectivity index (χ0v) is 14.8. The van der Waals surface area contributed by atoms with Crippen LogP contribution in [0.25, 0.3) is 22.8 Å². The Morgan fingerprint density at radius 2 is 1.67 bits per heavy atom. The van der Waals surface area contributed by atoms with Gasteiger partial charge < -0.3 is 8.94 Å². The maximum Gasteiger partial charge on any atom is 0.247 e. The Bertz CT molecular complexity index is 1060. The fourth-order valence-corrected chi connectivity index (χ4v) is 2.84. The molecule has 4 aromatic rings. The molecule has 4 rings (SSSR count). The Kier molecular flexibility index (Phi) is 4.68. The Labute approximate surface area is 156 Å². The van der Waals surface area contributed by atoms with Gasteiger partial charge in [0.05, 0.1) is 0 Å². The molecule has 2 aromatic heterocycles. The molecule has 2 heterocycles. The van der Waals surface area contributed by atoms with Crippen LogP contribution < -0.4 is 0 Å². The molecule has 136 valence electrons. The highest BCUT2D eigenvalue weighted by molar-refractivity contribution is 7.98. The summed E-state index contributed by atoms with van der Waals surface area (Å²) >= 11 is 1.64. The molecule has 0 N–H and O–H groups in total. The molecular formula is C18H12F2N4O2S. The van der Waals surface area contributed by atoms with Crippen molar-refractivity contribution in [2.45, 2.75) is 11.3 Å². The number of aromatic nitrogens is 4. The molecule has 9 heteroatoms. The standard InChI is InChI=1S/C18H12F2N4O2S/c1-27-14-4-2-10(3-5-14)17-21-15(26-24-17)9-16-22-23-18(25-16)11-6-12(19)8-13(20)7-11/h2-8H,9H2,1H3. The molecule has 0 fully saturated rings. The third kappa shape index (κ3) is 3.87. The minimum atomic E-state index is -0.723. The summed E-state index contributed by atoms with van der Waals surface area (Å²) in [5.41, 5.74) is 0.982. The van der Waals surface area contributed by atoms with E-state index in [0.29, 0.717) is 11.7 Å². The summed E-state index contributed by atoms with van der Waals surface area (Å²) in [4.78, 5) is 5.44. The van der Waals surface area contributed by atoms with E-state index in [-0.39, 0.29) is 23.8 Å². The van der Waals surface area contributed by atoms with E-state index < -0.39 is 11.6 Å². The normalized spacial score (nSPS) is 11.1. The molecule has 2 aromatic carbocycles. The van der Waals surface area contributed by atoms with Crippen LogP contribution in [0.2, 0.25) is 0 Å². The maximum atomic E-state index is 13.3. The van der Waals surface area contributed by atoms with Crippen LogP contribution in [-0.4, -0.2) is 26.6 Å². The van der Waals surface area contributed by atoms with Crippen molar-refractivity contribution in [2.24, 2.45) is 0 Å². The Morgan fingerprint density at radius 1 is 0.926 bits per heavy atom. The van der Waals surface area contributed by atoms with Gasteiger partial charge in [-0.15, -0.1) is 22.0 Å². The van der Waals surface area contributed by atoms with Gasteiger partial charge in [-0.05, 0) is 42.7 Å². The lowest BCUT2D eigenvalue weighted by Gasteiger charge is -1.96. The second kappa shape index (κ2) is 7.28. The van der Waals surface area contributed by atoms with Crippen LogP contribution in [0.15, 0.2) is 56.3 Å². The molecule has 0 atom stereocenters. The molecule has 0 spiro atoms. The lowest BCUT2D eigenvalue weighted by atomic mass is 10.2. The molecule has 0 saturated carbocycles. The van der Waals surface area contributed by atoms with Gasteiger partial charge in [0.15, 0.2) is 0 Å². The third-order valence-corrected chi connectivity index (χ3v) is 4.44. The Hall–Kier alpha value is -3.07. The van der Waals surface area contributed by atoms with Crippen molar-refractivity contribution in [3.63, 3.8) is 0 Å². The van der Waals surface area contributed by atoms with E-state index >= 15 is 0 Å². The minimum Gasteiger partial charge on any atom is -0.420 e. The fraction of sp³-hybridized carbons (Fsp3) is 0.111. The number of halogens is 2. The number of thioether (sulfide) groups is 1. The molecule has 0 amide bonds. The molecule has 0 unspecified atom stereocenters. The van der Waals surface area contributed by atoms with E-state index in [2.05, 4.69) is 20.3 Å². The van der Waals surface area contributed by atoms with Crippen LogP contribution in [0.5, 0.6) is 0 Å². The molecule has 0 aliphatic carbocycles. The smallest absolute Gasteiger partial charge is 0.247 e. The molecule has 0 aliphatic rings. The topological polar surface area (TPSA) is 77.8 Å². The average Bonchev–Trinajstić information content (AvgIpc) is 3.31. The summed E-state index contributed by atoms with van der Waals surface area (Å²) in [6, 6.07) is 10.8. The number of hydrogen-bond donors (Lipinski definition) is 0. The van der Waals surface area contributed by atoms with Gasteiger partial charge in [-0.1, -0.05) is 5.16 Å². The summed E-state index contributed by atoms with van der Waals surface area (Å²) < 4.78 is 37.3. The van der Waals surface area contributed by atoms with E-state index in [9.17, 15) is 8.78 Å². The quantitative estimate of drug-likeness (QED) is 0.471. The highest BCUT2D eigenvalue weighted by atomic mass is 32.2. The highest BCUT2D eigenvalue weighted by Crippen LogP contribution is 2.23. The number of hydrogen-bond acceptors (Lipinski definition) is 7. The van der Waals surface area contributed by atoms with Gasteiger partial charge in [0.2, 0.25) is 23.5 Å². The molecule has 27 heavy (non-hydrogen) atoms. The van der Waals surface area contributed by atoms with Crippen molar-refractivity contribution in [1.29, 1.82) is 0 Å². The van der Waals surface area contributed by atoms with Crippen molar-refractivity contribution in [3.8, 4) is 22.8 Å². The van der Waals surface area contributed by atoms with Crippen molar-refractivity contribution in [2.75, 3.05) is 6.26 Å². The number of nitrogens with zero attached hydrogens (tertiary/aromatic N) is 4. The van der Waals surface area contributed by atoms with Gasteiger partial charge in [-0.25, -0.2) is 8.78 Å². The summed E-state index contributed by atoms with van der Waals surface area (Å²) in [5.74, 6) is -0.500. The minimum absolute atomic E-state index is 0.00999. The summed E-state index contributed by atoms with van der Waals surface area (Å²) in [5, 5.41) is 11.6. The van der Waals surface area contributed by atoms with Gasteiger partial charge in [-0.2, -0.15) is 4.98 Å². The van der Waals surface area contributed by atoms with Crippen LogP contribution in [0, 0.1) is 11.6 Å². The summed E-state index contributed by atoms with van der Waals surface area (Å²) in [6.07, 6.45) is 2.11. The second-order valence-corrected chi connectivity index (χ2v) is 6.46. The van der Waals surface area contributed by atoms with Crippen molar-refractivity contribution >= 4 is 11.8 Å². The van der Waals surface area contributed by atoms with Gasteiger partial charge in [0, 0.05) is 22.1 Å². The highest BCUT2D eigenvalue weighted by Gasteiger charge is 2.15. The number of benzene rings is 2. The number of rotatable bonds is 5. The molecule has 6 nitrogen and oxygen atoms in total. The van der Waals surface area contributed by atoms with Crippen LogP contribution >= 0.6 is 11.8 Å². The van der Waals surface area contributed by atoms with Crippen LogP contribution in [0.3, 0.4) is 0 Å². The molecule has 0 bridgehead atoms. The molecule has 0 aliphatic heterocycles. The van der Waals surface area contributed by atoms with Gasteiger partial charge in [0.1, 0.15) is 18.1 Å². The second-order valence-electron chi connectivity index (χ2n) is 5.58. The van der Waals surface area contributed by atoms with Crippen molar-refractivity contribution < 1.29 is 17.7 Å². The maximum absolute atomic E-state index is 13.3. The first-order valence-corrected chi connectivity index (χ1v) is 9.09. The summed E-state index contributed by atoms with van der Waals surface area (Å²) in [7, 11) is 0. The van der Waals surface area contributed by atoms with E-state index in [0.717, 1.165) is 28.7 Å². The first-order chi connectivity index (χ1) is 13.1. The van der Waals surface area contributed by atoms with E-state index in [1.165, 1.54) is 0 Å². The van der Waals surface area contributed by atoms with Gasteiger partial charge in [-0.3, -0.25) is 0 Å². The fourth-order valence-electron chi connectivity index (χ4n) is 2.43. The van der Waals surface area contributed by atoms with Crippen LogP contribution in [0.1, 0.15) is 11.8 Å². The average molecular weight is 386 g/mol. The SMILES string of the molecule is CSc1ccc(-c2noc(Cc3nnc(-c4cc(F)cc(F)c4)o3)n2)cc1. The zero-order valence-electron chi connectivity index (χ0n) is 14.0. The Balaban J connectivity index is 1.51. The predicted molar refractivity (Wildman–Crippen MR) is 94.0 cm³/mol. The summed E-state index contributed by atoms with van der Waals surface area (Å²) in [6.45, 7) is 0.